The highest BCUT2D eigenvalue weighted by Crippen LogP contribution is 2.42. The van der Waals surface area contributed by atoms with Gasteiger partial charge in [0.25, 0.3) is 0 Å². The molecule has 4 nitrogen and oxygen atoms in total. The molecule has 2 aromatic rings. The Bertz CT molecular complexity index is 1030. The maximum Gasteiger partial charge on any atom is 0.222 e. The average Bonchev–Trinajstić information content (AvgIpc) is 2.96. The van der Waals surface area contributed by atoms with Crippen molar-refractivity contribution in [2.75, 3.05) is 26.2 Å². The quantitative estimate of drug-likeness (QED) is 0.612. The largest absolute Gasteiger partial charge is 0.343 e. The van der Waals surface area contributed by atoms with Crippen LogP contribution in [-0.2, 0) is 17.6 Å². The molecule has 0 unspecified atom stereocenters. The monoisotopic (exact) mass is 525 g/mol. The van der Waals surface area contributed by atoms with Gasteiger partial charge in [0.1, 0.15) is 7.85 Å². The number of aryl methyl sites for hydroxylation is 2. The third-order valence-electron chi connectivity index (χ3n) is 7.79. The van der Waals surface area contributed by atoms with Gasteiger partial charge in [0, 0.05) is 41.1 Å². The van der Waals surface area contributed by atoms with Gasteiger partial charge >= 0.3 is 0 Å². The molecule has 2 aliphatic heterocycles. The predicted molar refractivity (Wildman–Crippen MR) is 138 cm³/mol. The Morgan fingerprint density at radius 3 is 2.61 bits per heavy atom. The maximum atomic E-state index is 13.0. The van der Waals surface area contributed by atoms with Gasteiger partial charge in [0.05, 0.1) is 5.69 Å². The predicted octanol–water partition coefficient (Wildman–Crippen LogP) is 4.15. The number of carbonyl (C=O) groups excluding carboxylic acids is 1. The summed E-state index contributed by atoms with van der Waals surface area (Å²) < 4.78 is 1.01. The van der Waals surface area contributed by atoms with Crippen LogP contribution in [0, 0.1) is 11.8 Å². The number of aromatic nitrogens is 1. The van der Waals surface area contributed by atoms with E-state index in [1.54, 1.807) is 0 Å². The molecule has 0 bridgehead atoms. The lowest BCUT2D eigenvalue weighted by atomic mass is 9.72. The summed E-state index contributed by atoms with van der Waals surface area (Å²) in [5.41, 5.74) is 5.64. The number of pyridine rings is 1. The van der Waals surface area contributed by atoms with Crippen molar-refractivity contribution in [1.82, 2.24) is 15.2 Å². The Morgan fingerprint density at radius 2 is 1.85 bits per heavy atom. The van der Waals surface area contributed by atoms with Crippen LogP contribution in [0.4, 0.5) is 0 Å². The number of halogens is 2. The first-order chi connectivity index (χ1) is 16.0. The minimum Gasteiger partial charge on any atom is -0.343 e. The zero-order valence-electron chi connectivity index (χ0n) is 19.0. The highest BCUT2D eigenvalue weighted by atomic mass is 79.9. The van der Waals surface area contributed by atoms with Crippen LogP contribution in [0.1, 0.15) is 60.4 Å². The van der Waals surface area contributed by atoms with Crippen LogP contribution < -0.4 is 10.8 Å². The lowest BCUT2D eigenvalue weighted by Gasteiger charge is -2.38. The van der Waals surface area contributed by atoms with Crippen LogP contribution in [-0.4, -0.2) is 49.8 Å². The van der Waals surface area contributed by atoms with E-state index in [0.29, 0.717) is 29.2 Å². The Balaban J connectivity index is 1.38. The fourth-order valence-electron chi connectivity index (χ4n) is 6.06. The summed E-state index contributed by atoms with van der Waals surface area (Å²) >= 11 is 9.99. The van der Waals surface area contributed by atoms with E-state index in [-0.39, 0.29) is 5.92 Å². The molecule has 1 N–H and O–H groups in total. The molecule has 2 fully saturated rings. The number of hydrogen-bond acceptors (Lipinski definition) is 3. The lowest BCUT2D eigenvalue weighted by molar-refractivity contribution is -0.133. The number of likely N-dealkylation sites (tertiary alicyclic amines) is 1. The number of benzene rings is 1. The van der Waals surface area contributed by atoms with E-state index in [1.807, 2.05) is 12.3 Å². The van der Waals surface area contributed by atoms with Gasteiger partial charge < -0.3 is 10.2 Å². The van der Waals surface area contributed by atoms with Crippen molar-refractivity contribution in [2.24, 2.45) is 11.8 Å². The molecule has 1 aliphatic carbocycles. The van der Waals surface area contributed by atoms with E-state index >= 15 is 0 Å². The van der Waals surface area contributed by atoms with Crippen molar-refractivity contribution in [1.29, 1.82) is 0 Å². The molecule has 172 valence electrons. The Labute approximate surface area is 211 Å². The molecule has 2 radical (unpaired) electrons. The number of nitrogens with one attached hydrogen (secondary N) is 1. The Hall–Kier alpha value is -1.37. The van der Waals surface area contributed by atoms with Crippen molar-refractivity contribution in [3.63, 3.8) is 0 Å². The zero-order chi connectivity index (χ0) is 22.9. The first-order valence-electron chi connectivity index (χ1n) is 12.2. The third-order valence-corrected chi connectivity index (χ3v) is 8.44. The van der Waals surface area contributed by atoms with E-state index < -0.39 is 0 Å². The highest BCUT2D eigenvalue weighted by Gasteiger charge is 2.36. The molecule has 1 aromatic heterocycles. The molecule has 0 saturated carbocycles. The van der Waals surface area contributed by atoms with Crippen LogP contribution in [0.3, 0.4) is 0 Å². The average molecular weight is 527 g/mol. The van der Waals surface area contributed by atoms with Crippen molar-refractivity contribution in [3.05, 3.63) is 56.3 Å². The standard InChI is InChI=1S/C26H30BBrClN3O/c27-22-14-21(29)13-18-1-2-19-12-20(28)15-31-26(19)25(24(18)22)17-5-9-32(10-6-17)23(33)11-16-3-7-30-8-4-16/h12-17,25,30H,1-11H2/t25-/m1/s1. The summed E-state index contributed by atoms with van der Waals surface area (Å²) in [6.07, 6.45) is 8.61. The molecule has 3 heterocycles. The van der Waals surface area contributed by atoms with Crippen molar-refractivity contribution >= 4 is 46.7 Å². The molecule has 1 atom stereocenters. The number of nitrogens with zero attached hydrogens (tertiary/aromatic N) is 2. The summed E-state index contributed by atoms with van der Waals surface area (Å²) in [7, 11) is 6.58. The number of hydrogen-bond donors (Lipinski definition) is 1. The van der Waals surface area contributed by atoms with Gasteiger partial charge in [-0.15, -0.1) is 0 Å². The molecular formula is C26H30BBrClN3O. The number of amides is 1. The fourth-order valence-corrected chi connectivity index (χ4v) is 6.69. The third kappa shape index (κ3) is 5.03. The summed E-state index contributed by atoms with van der Waals surface area (Å²) in [5.74, 6) is 1.41. The molecule has 1 aromatic carbocycles. The van der Waals surface area contributed by atoms with Gasteiger partial charge in [-0.3, -0.25) is 9.78 Å². The zero-order valence-corrected chi connectivity index (χ0v) is 21.3. The van der Waals surface area contributed by atoms with E-state index in [1.165, 1.54) is 16.7 Å². The van der Waals surface area contributed by atoms with E-state index in [2.05, 4.69) is 38.3 Å². The van der Waals surface area contributed by atoms with Crippen LogP contribution in [0.25, 0.3) is 0 Å². The van der Waals surface area contributed by atoms with Crippen molar-refractivity contribution < 1.29 is 4.79 Å². The van der Waals surface area contributed by atoms with Crippen molar-refractivity contribution in [3.8, 4) is 0 Å². The van der Waals surface area contributed by atoms with Crippen LogP contribution in [0.5, 0.6) is 0 Å². The second kappa shape index (κ2) is 10.1. The first kappa shape index (κ1) is 23.4. The van der Waals surface area contributed by atoms with Gasteiger partial charge in [-0.25, -0.2) is 0 Å². The lowest BCUT2D eigenvalue weighted by Crippen LogP contribution is -2.42. The second-order valence-electron chi connectivity index (χ2n) is 9.86. The van der Waals surface area contributed by atoms with Gasteiger partial charge in [-0.05, 0) is 108 Å². The maximum absolute atomic E-state index is 13.0. The molecule has 7 heteroatoms. The summed E-state index contributed by atoms with van der Waals surface area (Å²) in [6, 6.07) is 6.17. The van der Waals surface area contributed by atoms with Crippen LogP contribution >= 0.6 is 27.5 Å². The van der Waals surface area contributed by atoms with Gasteiger partial charge in [0.2, 0.25) is 5.91 Å². The number of rotatable bonds is 3. The van der Waals surface area contributed by atoms with E-state index in [0.717, 1.165) is 80.3 Å². The topological polar surface area (TPSA) is 45.2 Å². The summed E-state index contributed by atoms with van der Waals surface area (Å²) in [6.45, 7) is 3.71. The molecule has 1 amide bonds. The summed E-state index contributed by atoms with van der Waals surface area (Å²) in [4.78, 5) is 20.0. The Kier molecular flexibility index (Phi) is 7.15. The molecule has 33 heavy (non-hydrogen) atoms. The van der Waals surface area contributed by atoms with Gasteiger partial charge in [-0.1, -0.05) is 23.1 Å². The van der Waals surface area contributed by atoms with Gasteiger partial charge in [-0.2, -0.15) is 0 Å². The summed E-state index contributed by atoms with van der Waals surface area (Å²) in [5, 5.41) is 4.09. The van der Waals surface area contributed by atoms with Crippen molar-refractivity contribution in [2.45, 2.75) is 50.9 Å². The van der Waals surface area contributed by atoms with Crippen LogP contribution in [0.2, 0.25) is 5.02 Å². The number of piperidine rings is 2. The SMILES string of the molecule is [B]c1cc(Cl)cc2c1[C@@H](C1CCN(C(=O)CC3CCNCC3)CC1)c1ncc(Br)cc1CC2. The van der Waals surface area contributed by atoms with E-state index in [9.17, 15) is 4.79 Å². The normalized spacial score (nSPS) is 21.9. The smallest absolute Gasteiger partial charge is 0.222 e. The van der Waals surface area contributed by atoms with Crippen LogP contribution in [0.15, 0.2) is 28.9 Å². The minimum atomic E-state index is 0.143. The Morgan fingerprint density at radius 1 is 1.12 bits per heavy atom. The molecule has 3 aliphatic rings. The molecular weight excluding hydrogens is 496 g/mol. The highest BCUT2D eigenvalue weighted by molar-refractivity contribution is 9.10. The first-order valence-corrected chi connectivity index (χ1v) is 13.4. The van der Waals surface area contributed by atoms with E-state index in [4.69, 9.17) is 24.4 Å². The molecule has 5 rings (SSSR count). The molecule has 0 spiro atoms. The second-order valence-corrected chi connectivity index (χ2v) is 11.2. The molecule has 2 saturated heterocycles. The fraction of sp³-hybridized carbons (Fsp3) is 0.538. The number of carbonyl (C=O) groups is 1. The number of fused-ring (bicyclic) bond motifs is 2. The van der Waals surface area contributed by atoms with Gasteiger partial charge in [0.15, 0.2) is 0 Å². The minimum absolute atomic E-state index is 0.143.